The monoisotopic (exact) mass is 348 g/mol. The highest BCUT2D eigenvalue weighted by molar-refractivity contribution is 5.95. The van der Waals surface area contributed by atoms with Gasteiger partial charge in [-0.3, -0.25) is 14.9 Å². The number of nitrogens with zero attached hydrogens (tertiary/aromatic N) is 2. The molecule has 0 aromatic heterocycles. The van der Waals surface area contributed by atoms with E-state index in [-0.39, 0.29) is 17.6 Å². The van der Waals surface area contributed by atoms with Gasteiger partial charge in [-0.15, -0.1) is 0 Å². The van der Waals surface area contributed by atoms with Crippen molar-refractivity contribution in [3.05, 3.63) is 33.9 Å². The zero-order valence-corrected chi connectivity index (χ0v) is 15.2. The molecular formula is C18H28N4O3. The molecule has 1 heterocycles. The highest BCUT2D eigenvalue weighted by Gasteiger charge is 2.24. The molecule has 0 radical (unpaired) electrons. The quantitative estimate of drug-likeness (QED) is 0.584. The Hall–Kier alpha value is -2.15. The summed E-state index contributed by atoms with van der Waals surface area (Å²) in [4.78, 5) is 25.4. The molecule has 7 heteroatoms. The van der Waals surface area contributed by atoms with Gasteiger partial charge in [-0.05, 0) is 44.4 Å². The molecule has 0 spiro atoms. The predicted octanol–water partition coefficient (Wildman–Crippen LogP) is 2.56. The first-order valence-electron chi connectivity index (χ1n) is 8.97. The summed E-state index contributed by atoms with van der Waals surface area (Å²) in [5.74, 6) is 0.366. The summed E-state index contributed by atoms with van der Waals surface area (Å²) in [5, 5.41) is 17.5. The molecule has 1 aromatic carbocycles. The molecule has 2 rings (SSSR count). The highest BCUT2D eigenvalue weighted by Crippen LogP contribution is 2.32. The molecule has 0 saturated carbocycles. The molecule has 0 bridgehead atoms. The fourth-order valence-electron chi connectivity index (χ4n) is 3.10. The van der Waals surface area contributed by atoms with E-state index < -0.39 is 4.92 Å². The van der Waals surface area contributed by atoms with Crippen molar-refractivity contribution in [1.29, 1.82) is 0 Å². The van der Waals surface area contributed by atoms with Crippen LogP contribution in [0, 0.1) is 16.0 Å². The molecular weight excluding hydrogens is 320 g/mol. The van der Waals surface area contributed by atoms with E-state index in [1.807, 2.05) is 18.7 Å². The second-order valence-corrected chi connectivity index (χ2v) is 6.80. The van der Waals surface area contributed by atoms with Crippen molar-refractivity contribution < 1.29 is 9.72 Å². The van der Waals surface area contributed by atoms with Gasteiger partial charge in [0.15, 0.2) is 0 Å². The van der Waals surface area contributed by atoms with E-state index in [1.54, 1.807) is 12.1 Å². The summed E-state index contributed by atoms with van der Waals surface area (Å²) in [6.07, 6.45) is 2.06. The number of rotatable bonds is 7. The van der Waals surface area contributed by atoms with Crippen LogP contribution in [0.15, 0.2) is 18.2 Å². The molecule has 1 fully saturated rings. The Morgan fingerprint density at radius 1 is 1.40 bits per heavy atom. The molecule has 2 N–H and O–H groups in total. The number of carbonyl (C=O) groups is 1. The van der Waals surface area contributed by atoms with E-state index in [9.17, 15) is 14.9 Å². The Morgan fingerprint density at radius 2 is 2.08 bits per heavy atom. The van der Waals surface area contributed by atoms with Crippen molar-refractivity contribution in [2.45, 2.75) is 39.7 Å². The first-order chi connectivity index (χ1) is 11.9. The van der Waals surface area contributed by atoms with E-state index in [1.165, 1.54) is 6.07 Å². The summed E-state index contributed by atoms with van der Waals surface area (Å²) < 4.78 is 0. The number of hydrogen-bond donors (Lipinski definition) is 2. The van der Waals surface area contributed by atoms with Crippen LogP contribution < -0.4 is 15.5 Å². The number of benzene rings is 1. The van der Waals surface area contributed by atoms with Crippen LogP contribution in [0.1, 0.15) is 44.0 Å². The van der Waals surface area contributed by atoms with Crippen LogP contribution in [0.5, 0.6) is 0 Å². The molecule has 7 nitrogen and oxygen atoms in total. The zero-order chi connectivity index (χ0) is 18.4. The lowest BCUT2D eigenvalue weighted by Crippen LogP contribution is -2.38. The van der Waals surface area contributed by atoms with Gasteiger partial charge in [0.25, 0.3) is 11.6 Å². The summed E-state index contributed by atoms with van der Waals surface area (Å²) in [6.45, 7) is 9.11. The van der Waals surface area contributed by atoms with E-state index in [2.05, 4.69) is 17.6 Å². The minimum atomic E-state index is -0.397. The number of hydrogen-bond acceptors (Lipinski definition) is 5. The number of nitrogens with one attached hydrogen (secondary N) is 2. The SMILES string of the molecule is CCN[C@H](C)CNC(=O)c1ccc(N2CCC(C)CC2)c([N+](=O)[O-])c1. The van der Waals surface area contributed by atoms with Gasteiger partial charge in [-0.2, -0.15) is 0 Å². The minimum absolute atomic E-state index is 0.00179. The fourth-order valence-corrected chi connectivity index (χ4v) is 3.10. The fraction of sp³-hybridized carbons (Fsp3) is 0.611. The molecule has 1 atom stereocenters. The number of amides is 1. The normalized spacial score (nSPS) is 16.5. The van der Waals surface area contributed by atoms with Crippen molar-refractivity contribution in [1.82, 2.24) is 10.6 Å². The minimum Gasteiger partial charge on any atom is -0.366 e. The highest BCUT2D eigenvalue weighted by atomic mass is 16.6. The van der Waals surface area contributed by atoms with Gasteiger partial charge in [0.2, 0.25) is 0 Å². The average Bonchev–Trinajstić information content (AvgIpc) is 2.60. The van der Waals surface area contributed by atoms with Crippen molar-refractivity contribution in [3.8, 4) is 0 Å². The van der Waals surface area contributed by atoms with Crippen LogP contribution in [0.25, 0.3) is 0 Å². The summed E-state index contributed by atoms with van der Waals surface area (Å²) in [5.41, 5.74) is 0.931. The third-order valence-electron chi connectivity index (χ3n) is 4.68. The first kappa shape index (κ1) is 19.2. The second-order valence-electron chi connectivity index (χ2n) is 6.80. The molecule has 0 aliphatic carbocycles. The molecule has 1 saturated heterocycles. The lowest BCUT2D eigenvalue weighted by molar-refractivity contribution is -0.384. The molecule has 1 aromatic rings. The van der Waals surface area contributed by atoms with E-state index in [0.717, 1.165) is 32.5 Å². The summed E-state index contributed by atoms with van der Waals surface area (Å²) >= 11 is 0. The standard InChI is InChI=1S/C18H28N4O3/c1-4-19-14(3)12-20-18(23)15-5-6-16(17(11-15)22(24)25)21-9-7-13(2)8-10-21/h5-6,11,13-14,19H,4,7-10,12H2,1-3H3,(H,20,23)/t14-/m1/s1. The van der Waals surface area contributed by atoms with Gasteiger partial charge in [-0.25, -0.2) is 0 Å². The average molecular weight is 348 g/mol. The predicted molar refractivity (Wildman–Crippen MR) is 99.2 cm³/mol. The second kappa shape index (κ2) is 8.80. The van der Waals surface area contributed by atoms with E-state index >= 15 is 0 Å². The Morgan fingerprint density at radius 3 is 2.68 bits per heavy atom. The number of carbonyl (C=O) groups excluding carboxylic acids is 1. The third-order valence-corrected chi connectivity index (χ3v) is 4.68. The van der Waals surface area contributed by atoms with Gasteiger partial charge < -0.3 is 15.5 Å². The smallest absolute Gasteiger partial charge is 0.293 e. The van der Waals surface area contributed by atoms with Crippen molar-refractivity contribution >= 4 is 17.3 Å². The van der Waals surface area contributed by atoms with E-state index in [0.29, 0.717) is 23.7 Å². The first-order valence-corrected chi connectivity index (χ1v) is 8.97. The largest absolute Gasteiger partial charge is 0.366 e. The van der Waals surface area contributed by atoms with Crippen molar-refractivity contribution in [2.75, 3.05) is 31.1 Å². The van der Waals surface area contributed by atoms with Crippen LogP contribution in [0.4, 0.5) is 11.4 Å². The Balaban J connectivity index is 2.12. The molecule has 1 aliphatic heterocycles. The lowest BCUT2D eigenvalue weighted by atomic mass is 9.98. The molecule has 0 unspecified atom stereocenters. The van der Waals surface area contributed by atoms with Crippen LogP contribution >= 0.6 is 0 Å². The summed E-state index contributed by atoms with van der Waals surface area (Å²) in [7, 11) is 0. The summed E-state index contributed by atoms with van der Waals surface area (Å²) in [6, 6.07) is 4.92. The lowest BCUT2D eigenvalue weighted by Gasteiger charge is -2.31. The maximum atomic E-state index is 12.3. The van der Waals surface area contributed by atoms with Crippen LogP contribution in [-0.2, 0) is 0 Å². The molecule has 138 valence electrons. The molecule has 25 heavy (non-hydrogen) atoms. The van der Waals surface area contributed by atoms with Gasteiger partial charge in [0.1, 0.15) is 5.69 Å². The Bertz CT molecular complexity index is 612. The number of anilines is 1. The number of likely N-dealkylation sites (N-methyl/N-ethyl adjacent to an activating group) is 1. The van der Waals surface area contributed by atoms with Gasteiger partial charge in [-0.1, -0.05) is 13.8 Å². The maximum absolute atomic E-state index is 12.3. The van der Waals surface area contributed by atoms with Gasteiger partial charge in [0, 0.05) is 37.3 Å². The molecule has 1 aliphatic rings. The molecule has 1 amide bonds. The third kappa shape index (κ3) is 5.16. The van der Waals surface area contributed by atoms with Crippen LogP contribution in [0.2, 0.25) is 0 Å². The Kier molecular flexibility index (Phi) is 6.75. The number of nitro benzene ring substituents is 1. The van der Waals surface area contributed by atoms with Crippen LogP contribution in [0.3, 0.4) is 0 Å². The number of piperidine rings is 1. The van der Waals surface area contributed by atoms with Gasteiger partial charge in [0.05, 0.1) is 4.92 Å². The van der Waals surface area contributed by atoms with Crippen LogP contribution in [-0.4, -0.2) is 43.1 Å². The number of nitro groups is 1. The Labute approximate surface area is 148 Å². The van der Waals surface area contributed by atoms with Crippen molar-refractivity contribution in [3.63, 3.8) is 0 Å². The zero-order valence-electron chi connectivity index (χ0n) is 15.2. The van der Waals surface area contributed by atoms with E-state index in [4.69, 9.17) is 0 Å². The topological polar surface area (TPSA) is 87.5 Å². The maximum Gasteiger partial charge on any atom is 0.293 e. The van der Waals surface area contributed by atoms with Gasteiger partial charge >= 0.3 is 0 Å². The van der Waals surface area contributed by atoms with Crippen molar-refractivity contribution in [2.24, 2.45) is 5.92 Å².